The van der Waals surface area contributed by atoms with Crippen molar-refractivity contribution in [2.75, 3.05) is 18.5 Å². The average molecular weight is 344 g/mol. The predicted molar refractivity (Wildman–Crippen MR) is 90.6 cm³/mol. The second-order valence-electron chi connectivity index (χ2n) is 5.03. The first-order valence-electron chi connectivity index (χ1n) is 7.31. The molecule has 0 aliphatic heterocycles. The number of hydrogen-bond donors (Lipinski definition) is 2. The highest BCUT2D eigenvalue weighted by Crippen LogP contribution is 2.20. The van der Waals surface area contributed by atoms with Gasteiger partial charge in [0.1, 0.15) is 0 Å². The van der Waals surface area contributed by atoms with Gasteiger partial charge in [-0.05, 0) is 40.6 Å². The molecule has 0 unspecified atom stereocenters. The van der Waals surface area contributed by atoms with Gasteiger partial charge < -0.3 is 19.7 Å². The minimum absolute atomic E-state index is 0.0976. The summed E-state index contributed by atoms with van der Waals surface area (Å²) in [5.41, 5.74) is 2.36. The van der Waals surface area contributed by atoms with Gasteiger partial charge in [0.25, 0.3) is 0 Å². The summed E-state index contributed by atoms with van der Waals surface area (Å²) in [7, 11) is 0. The van der Waals surface area contributed by atoms with Crippen molar-refractivity contribution in [3.63, 3.8) is 0 Å². The van der Waals surface area contributed by atoms with Crippen LogP contribution in [0.3, 0.4) is 0 Å². The Bertz CT molecular complexity index is 774. The summed E-state index contributed by atoms with van der Waals surface area (Å²) in [6.07, 6.45) is 1.25. The number of aliphatic hydroxyl groups is 1. The molecule has 0 saturated carbocycles. The fourth-order valence-electron chi connectivity index (χ4n) is 2.21. The van der Waals surface area contributed by atoms with E-state index in [1.54, 1.807) is 34.4 Å². The number of rotatable bonds is 6. The first-order chi connectivity index (χ1) is 11.8. The van der Waals surface area contributed by atoms with Crippen molar-refractivity contribution in [3.8, 4) is 11.5 Å². The molecule has 3 rings (SSSR count). The van der Waals surface area contributed by atoms with E-state index in [0.29, 0.717) is 18.1 Å². The lowest BCUT2D eigenvalue weighted by atomic mass is 10.2. The number of nitrogens with one attached hydrogen (secondary N) is 1. The highest BCUT2D eigenvalue weighted by Gasteiger charge is 2.14. The molecule has 0 aliphatic rings. The molecule has 7 nitrogen and oxygen atoms in total. The van der Waals surface area contributed by atoms with E-state index in [9.17, 15) is 9.90 Å². The molecule has 0 aliphatic carbocycles. The highest BCUT2D eigenvalue weighted by atomic mass is 32.1. The lowest BCUT2D eigenvalue weighted by Gasteiger charge is -2.22. The van der Waals surface area contributed by atoms with Gasteiger partial charge in [0.15, 0.2) is 0 Å². The maximum atomic E-state index is 12.5. The van der Waals surface area contributed by atoms with E-state index in [4.69, 9.17) is 4.42 Å². The monoisotopic (exact) mass is 344 g/mol. The molecule has 2 aromatic heterocycles. The fraction of sp³-hybridized carbons (Fsp3) is 0.188. The number of amides is 2. The average Bonchev–Trinajstić information content (AvgIpc) is 3.28. The number of carbonyl (C=O) groups is 1. The van der Waals surface area contributed by atoms with Crippen LogP contribution in [0.2, 0.25) is 0 Å². The second-order valence-corrected chi connectivity index (χ2v) is 5.81. The van der Waals surface area contributed by atoms with Crippen LogP contribution < -0.4 is 5.32 Å². The number of aliphatic hydroxyl groups excluding tert-OH is 1. The smallest absolute Gasteiger partial charge is 0.322 e. The maximum Gasteiger partial charge on any atom is 0.322 e. The molecule has 8 heteroatoms. The van der Waals surface area contributed by atoms with Crippen LogP contribution in [0.15, 0.2) is 51.9 Å². The van der Waals surface area contributed by atoms with Crippen LogP contribution in [0.4, 0.5) is 10.5 Å². The molecule has 0 fully saturated rings. The molecule has 2 N–H and O–H groups in total. The zero-order chi connectivity index (χ0) is 16.8. The second kappa shape index (κ2) is 7.71. The summed E-state index contributed by atoms with van der Waals surface area (Å²) in [6.45, 7) is 0.601. The first-order valence-corrected chi connectivity index (χ1v) is 8.25. The van der Waals surface area contributed by atoms with Gasteiger partial charge in [0.05, 0.1) is 6.61 Å². The number of urea groups is 1. The Morgan fingerprint density at radius 1 is 1.38 bits per heavy atom. The lowest BCUT2D eigenvalue weighted by molar-refractivity contribution is 0.185. The molecule has 0 bridgehead atoms. The van der Waals surface area contributed by atoms with Gasteiger partial charge in [0.2, 0.25) is 12.3 Å². The number of nitrogens with zero attached hydrogens (tertiary/aromatic N) is 3. The van der Waals surface area contributed by atoms with Crippen molar-refractivity contribution in [2.45, 2.75) is 6.54 Å². The zero-order valence-corrected chi connectivity index (χ0v) is 13.6. The van der Waals surface area contributed by atoms with Gasteiger partial charge in [0, 0.05) is 24.3 Å². The number of carbonyl (C=O) groups excluding carboxylic acids is 1. The highest BCUT2D eigenvalue weighted by molar-refractivity contribution is 7.07. The molecule has 0 saturated heterocycles. The van der Waals surface area contributed by atoms with Crippen molar-refractivity contribution >= 4 is 23.1 Å². The van der Waals surface area contributed by atoms with E-state index in [1.165, 1.54) is 6.39 Å². The van der Waals surface area contributed by atoms with E-state index in [-0.39, 0.29) is 19.2 Å². The molecule has 1 aromatic carbocycles. The van der Waals surface area contributed by atoms with Crippen molar-refractivity contribution in [1.82, 2.24) is 15.1 Å². The van der Waals surface area contributed by atoms with Crippen LogP contribution in [0.25, 0.3) is 11.5 Å². The molecule has 2 heterocycles. The van der Waals surface area contributed by atoms with Gasteiger partial charge in [-0.3, -0.25) is 0 Å². The Morgan fingerprint density at radius 2 is 2.29 bits per heavy atom. The normalized spacial score (nSPS) is 10.5. The third-order valence-corrected chi connectivity index (χ3v) is 4.06. The Morgan fingerprint density at radius 3 is 3.00 bits per heavy atom. The molecule has 3 aromatic rings. The van der Waals surface area contributed by atoms with Crippen LogP contribution >= 0.6 is 11.3 Å². The Balaban J connectivity index is 1.71. The van der Waals surface area contributed by atoms with E-state index >= 15 is 0 Å². The van der Waals surface area contributed by atoms with Crippen LogP contribution in [0.5, 0.6) is 0 Å². The van der Waals surface area contributed by atoms with Crippen molar-refractivity contribution in [2.24, 2.45) is 0 Å². The van der Waals surface area contributed by atoms with Crippen molar-refractivity contribution in [3.05, 3.63) is 53.0 Å². The fourth-order valence-corrected chi connectivity index (χ4v) is 2.87. The van der Waals surface area contributed by atoms with Crippen molar-refractivity contribution < 1.29 is 14.3 Å². The van der Waals surface area contributed by atoms with Crippen molar-refractivity contribution in [1.29, 1.82) is 0 Å². The number of anilines is 1. The van der Waals surface area contributed by atoms with Crippen LogP contribution in [0, 0.1) is 0 Å². The number of hydrogen-bond acceptors (Lipinski definition) is 6. The Labute approximate surface area is 142 Å². The first kappa shape index (κ1) is 16.2. The van der Waals surface area contributed by atoms with Crippen LogP contribution in [0.1, 0.15) is 5.56 Å². The maximum absolute atomic E-state index is 12.5. The third kappa shape index (κ3) is 3.98. The minimum atomic E-state index is -0.280. The minimum Gasteiger partial charge on any atom is -0.423 e. The van der Waals surface area contributed by atoms with Crippen LogP contribution in [-0.4, -0.2) is 39.4 Å². The summed E-state index contributed by atoms with van der Waals surface area (Å²) in [4.78, 5) is 14.0. The summed E-state index contributed by atoms with van der Waals surface area (Å²) < 4.78 is 5.16. The molecular weight excluding hydrogens is 328 g/mol. The van der Waals surface area contributed by atoms with Gasteiger partial charge in [-0.1, -0.05) is 6.07 Å². The van der Waals surface area contributed by atoms with Crippen LogP contribution in [-0.2, 0) is 6.54 Å². The van der Waals surface area contributed by atoms with Gasteiger partial charge in [-0.25, -0.2) is 4.79 Å². The standard InChI is InChI=1S/C16H16N4O3S/c21-6-5-20(9-12-4-7-24-10-12)16(22)18-14-3-1-2-13(8-14)15-19-17-11-23-15/h1-4,7-8,10-11,21H,5-6,9H2,(H,18,22). The molecule has 24 heavy (non-hydrogen) atoms. The molecule has 0 radical (unpaired) electrons. The third-order valence-electron chi connectivity index (χ3n) is 3.33. The Kier molecular flexibility index (Phi) is 5.19. The molecule has 0 spiro atoms. The van der Waals surface area contributed by atoms with E-state index < -0.39 is 0 Å². The van der Waals surface area contributed by atoms with E-state index in [2.05, 4.69) is 15.5 Å². The summed E-state index contributed by atoms with van der Waals surface area (Å²) >= 11 is 1.57. The summed E-state index contributed by atoms with van der Waals surface area (Å²) in [5.74, 6) is 0.386. The largest absolute Gasteiger partial charge is 0.423 e. The number of thiophene rings is 1. The predicted octanol–water partition coefficient (Wildman–Crippen LogP) is 2.82. The lowest BCUT2D eigenvalue weighted by Crippen LogP contribution is -2.36. The van der Waals surface area contributed by atoms with Gasteiger partial charge >= 0.3 is 6.03 Å². The molecular formula is C16H16N4O3S. The van der Waals surface area contributed by atoms with Gasteiger partial charge in [-0.15, -0.1) is 10.2 Å². The summed E-state index contributed by atoms with van der Waals surface area (Å²) in [6, 6.07) is 8.83. The topological polar surface area (TPSA) is 91.5 Å². The molecule has 2 amide bonds. The Hall–Kier alpha value is -2.71. The number of aromatic nitrogens is 2. The quantitative estimate of drug-likeness (QED) is 0.717. The number of benzene rings is 1. The van der Waals surface area contributed by atoms with Gasteiger partial charge in [-0.2, -0.15) is 11.3 Å². The zero-order valence-electron chi connectivity index (χ0n) is 12.8. The van der Waals surface area contributed by atoms with E-state index in [0.717, 1.165) is 11.1 Å². The molecule has 0 atom stereocenters. The molecule has 124 valence electrons. The summed E-state index contributed by atoms with van der Waals surface area (Å²) in [5, 5.41) is 23.5. The SMILES string of the molecule is O=C(Nc1cccc(-c2nnco2)c1)N(CCO)Cc1ccsc1. The van der Waals surface area contributed by atoms with E-state index in [1.807, 2.05) is 22.9 Å².